The number of nitrogens with two attached hydrogens (primary N) is 1. The average molecular weight is 352 g/mol. The Morgan fingerprint density at radius 1 is 0.960 bits per heavy atom. The Bertz CT molecular complexity index is 911. The van der Waals surface area contributed by atoms with E-state index in [0.717, 1.165) is 42.5 Å². The lowest BCUT2D eigenvalue weighted by Gasteiger charge is -2.36. The Balaban J connectivity index is 1.41. The van der Waals surface area contributed by atoms with E-state index in [4.69, 9.17) is 5.73 Å². The van der Waals surface area contributed by atoms with Crippen LogP contribution < -0.4 is 15.5 Å². The van der Waals surface area contributed by atoms with Crippen molar-refractivity contribution in [3.8, 4) is 0 Å². The van der Waals surface area contributed by atoms with Gasteiger partial charge in [0.15, 0.2) is 0 Å². The van der Waals surface area contributed by atoms with Gasteiger partial charge in [0.2, 0.25) is 0 Å². The molecule has 0 unspecified atom stereocenters. The number of nitrogen functional groups attached to an aromatic ring is 1. The van der Waals surface area contributed by atoms with Crippen LogP contribution in [0.4, 0.5) is 17.3 Å². The summed E-state index contributed by atoms with van der Waals surface area (Å²) in [5.41, 5.74) is 8.33. The van der Waals surface area contributed by atoms with Gasteiger partial charge in [-0.15, -0.1) is 11.3 Å². The summed E-state index contributed by atoms with van der Waals surface area (Å²) in [6, 6.07) is 3.91. The smallest absolute Gasteiger partial charge is 0.141 e. The van der Waals surface area contributed by atoms with Gasteiger partial charge < -0.3 is 15.5 Å². The van der Waals surface area contributed by atoms with Crippen LogP contribution >= 0.6 is 11.3 Å². The molecule has 1 saturated heterocycles. The second-order valence-corrected chi connectivity index (χ2v) is 7.73. The second kappa shape index (κ2) is 5.84. The minimum atomic E-state index is 0.567. The molecule has 2 aliphatic rings. The molecular weight excluding hydrogens is 332 g/mol. The highest BCUT2D eigenvalue weighted by Gasteiger charge is 2.25. The number of anilines is 3. The zero-order valence-corrected chi connectivity index (χ0v) is 14.8. The van der Waals surface area contributed by atoms with Gasteiger partial charge in [0.05, 0.1) is 17.3 Å². The molecule has 1 aliphatic heterocycles. The maximum atomic E-state index is 5.69. The summed E-state index contributed by atoms with van der Waals surface area (Å²) in [5, 5.41) is 1.31. The van der Waals surface area contributed by atoms with Crippen molar-refractivity contribution in [1.82, 2.24) is 15.0 Å². The van der Waals surface area contributed by atoms with E-state index in [0.29, 0.717) is 5.82 Å². The molecule has 0 aromatic carbocycles. The molecule has 0 spiro atoms. The number of fused-ring (bicyclic) bond motifs is 3. The second-order valence-electron chi connectivity index (χ2n) is 6.65. The van der Waals surface area contributed by atoms with Crippen LogP contribution in [0, 0.1) is 0 Å². The van der Waals surface area contributed by atoms with Gasteiger partial charge >= 0.3 is 0 Å². The van der Waals surface area contributed by atoms with Crippen molar-refractivity contribution in [1.29, 1.82) is 0 Å². The van der Waals surface area contributed by atoms with Crippen LogP contribution in [0.25, 0.3) is 10.2 Å². The maximum absolute atomic E-state index is 5.69. The Kier molecular flexibility index (Phi) is 3.48. The Morgan fingerprint density at radius 2 is 1.80 bits per heavy atom. The number of piperazine rings is 1. The van der Waals surface area contributed by atoms with Crippen molar-refractivity contribution in [3.63, 3.8) is 0 Å². The normalized spacial score (nSPS) is 17.3. The number of rotatable bonds is 2. The van der Waals surface area contributed by atoms with Crippen LogP contribution in [0.5, 0.6) is 0 Å². The highest BCUT2D eigenvalue weighted by Crippen LogP contribution is 2.40. The lowest BCUT2D eigenvalue weighted by atomic mass is 10.1. The zero-order chi connectivity index (χ0) is 16.8. The molecule has 0 bridgehead atoms. The Hall–Kier alpha value is -2.41. The standard InChI is InChI=1S/C18H20N6S/c19-15-5-4-12(10-20-15)23-6-8-24(9-7-23)17-16-13-2-1-3-14(13)25-18(16)22-11-21-17/h4-5,10-11H,1-3,6-9H2,(H2,19,20). The fourth-order valence-corrected chi connectivity index (χ4v) is 5.14. The van der Waals surface area contributed by atoms with Crippen molar-refractivity contribution in [2.24, 2.45) is 0 Å². The van der Waals surface area contributed by atoms with E-state index in [9.17, 15) is 0 Å². The molecule has 7 heteroatoms. The largest absolute Gasteiger partial charge is 0.384 e. The molecule has 1 aliphatic carbocycles. The molecular formula is C18H20N6S. The van der Waals surface area contributed by atoms with Gasteiger partial charge in [0, 0.05) is 31.1 Å². The molecule has 0 radical (unpaired) electrons. The summed E-state index contributed by atoms with van der Waals surface area (Å²) in [6.07, 6.45) is 7.23. The molecule has 5 rings (SSSR count). The minimum absolute atomic E-state index is 0.567. The van der Waals surface area contributed by atoms with E-state index in [1.54, 1.807) is 6.33 Å². The fraction of sp³-hybridized carbons (Fsp3) is 0.389. The topological polar surface area (TPSA) is 71.2 Å². The third kappa shape index (κ3) is 2.50. The lowest BCUT2D eigenvalue weighted by Crippen LogP contribution is -2.47. The summed E-state index contributed by atoms with van der Waals surface area (Å²) in [4.78, 5) is 20.8. The minimum Gasteiger partial charge on any atom is -0.384 e. The molecule has 4 heterocycles. The number of nitrogens with zero attached hydrogens (tertiary/aromatic N) is 5. The van der Waals surface area contributed by atoms with Crippen LogP contribution in [0.15, 0.2) is 24.7 Å². The van der Waals surface area contributed by atoms with Gasteiger partial charge in [-0.05, 0) is 37.0 Å². The highest BCUT2D eigenvalue weighted by molar-refractivity contribution is 7.19. The maximum Gasteiger partial charge on any atom is 0.141 e. The van der Waals surface area contributed by atoms with Gasteiger partial charge in [0.1, 0.15) is 22.8 Å². The van der Waals surface area contributed by atoms with Crippen molar-refractivity contribution >= 4 is 38.9 Å². The predicted molar refractivity (Wildman–Crippen MR) is 103 cm³/mol. The zero-order valence-electron chi connectivity index (χ0n) is 14.0. The van der Waals surface area contributed by atoms with Gasteiger partial charge in [-0.2, -0.15) is 0 Å². The van der Waals surface area contributed by atoms with Crippen molar-refractivity contribution < 1.29 is 0 Å². The highest BCUT2D eigenvalue weighted by atomic mass is 32.1. The van der Waals surface area contributed by atoms with Crippen LogP contribution in [0.1, 0.15) is 16.9 Å². The van der Waals surface area contributed by atoms with Crippen molar-refractivity contribution in [2.45, 2.75) is 19.3 Å². The van der Waals surface area contributed by atoms with Gasteiger partial charge in [-0.3, -0.25) is 0 Å². The Morgan fingerprint density at radius 3 is 2.60 bits per heavy atom. The molecule has 6 nitrogen and oxygen atoms in total. The summed E-state index contributed by atoms with van der Waals surface area (Å²) >= 11 is 1.86. The third-order valence-corrected chi connectivity index (χ3v) is 6.40. The monoisotopic (exact) mass is 352 g/mol. The first-order valence-corrected chi connectivity index (χ1v) is 9.58. The molecule has 3 aromatic rings. The molecule has 1 fully saturated rings. The summed E-state index contributed by atoms with van der Waals surface area (Å²) in [5.74, 6) is 1.69. The quantitative estimate of drug-likeness (QED) is 0.764. The molecule has 25 heavy (non-hydrogen) atoms. The van der Waals surface area contributed by atoms with Crippen LogP contribution in [0.3, 0.4) is 0 Å². The van der Waals surface area contributed by atoms with E-state index in [-0.39, 0.29) is 0 Å². The van der Waals surface area contributed by atoms with E-state index in [1.165, 1.54) is 35.1 Å². The number of aromatic nitrogens is 3. The first-order valence-electron chi connectivity index (χ1n) is 8.76. The van der Waals surface area contributed by atoms with Crippen LogP contribution in [-0.4, -0.2) is 41.1 Å². The SMILES string of the molecule is Nc1ccc(N2CCN(c3ncnc4sc5c(c34)CCC5)CC2)cn1. The first kappa shape index (κ1) is 14.9. The van der Waals surface area contributed by atoms with Crippen molar-refractivity contribution in [3.05, 3.63) is 35.1 Å². The summed E-state index contributed by atoms with van der Waals surface area (Å²) in [7, 11) is 0. The number of aryl methyl sites for hydroxylation is 2. The van der Waals surface area contributed by atoms with E-state index in [1.807, 2.05) is 29.7 Å². The number of pyridine rings is 1. The van der Waals surface area contributed by atoms with E-state index < -0.39 is 0 Å². The van der Waals surface area contributed by atoms with Crippen LogP contribution in [-0.2, 0) is 12.8 Å². The summed E-state index contributed by atoms with van der Waals surface area (Å²) in [6.45, 7) is 3.84. The number of hydrogen-bond donors (Lipinski definition) is 1. The molecule has 0 saturated carbocycles. The van der Waals surface area contributed by atoms with Crippen LogP contribution in [0.2, 0.25) is 0 Å². The first-order chi connectivity index (χ1) is 12.3. The molecule has 2 N–H and O–H groups in total. The lowest BCUT2D eigenvalue weighted by molar-refractivity contribution is 0.648. The predicted octanol–water partition coefficient (Wildman–Crippen LogP) is 2.48. The van der Waals surface area contributed by atoms with E-state index in [2.05, 4.69) is 24.8 Å². The molecule has 3 aromatic heterocycles. The average Bonchev–Trinajstić information content (AvgIpc) is 3.23. The molecule has 0 amide bonds. The summed E-state index contributed by atoms with van der Waals surface area (Å²) < 4.78 is 0. The van der Waals surface area contributed by atoms with Gasteiger partial charge in [0.25, 0.3) is 0 Å². The fourth-order valence-electron chi connectivity index (χ4n) is 3.91. The van der Waals surface area contributed by atoms with Crippen molar-refractivity contribution in [2.75, 3.05) is 41.7 Å². The van der Waals surface area contributed by atoms with Gasteiger partial charge in [-0.25, -0.2) is 15.0 Å². The third-order valence-electron chi connectivity index (χ3n) is 5.20. The number of hydrogen-bond acceptors (Lipinski definition) is 7. The Labute approximate surface area is 150 Å². The molecule has 0 atom stereocenters. The van der Waals surface area contributed by atoms with E-state index >= 15 is 0 Å². The number of thiophene rings is 1. The molecule has 128 valence electrons. The van der Waals surface area contributed by atoms with Gasteiger partial charge in [-0.1, -0.05) is 0 Å².